The van der Waals surface area contributed by atoms with E-state index < -0.39 is 0 Å². The summed E-state index contributed by atoms with van der Waals surface area (Å²) < 4.78 is 0. The summed E-state index contributed by atoms with van der Waals surface area (Å²) in [7, 11) is 0. The molecule has 6 nitrogen and oxygen atoms in total. The predicted molar refractivity (Wildman–Crippen MR) is 78.1 cm³/mol. The van der Waals surface area contributed by atoms with Gasteiger partial charge in [0, 0.05) is 11.0 Å². The number of rotatable bonds is 5. The van der Waals surface area contributed by atoms with E-state index in [1.54, 1.807) is 0 Å². The Bertz CT molecular complexity index is 424. The van der Waals surface area contributed by atoms with Crippen LogP contribution in [0.25, 0.3) is 0 Å². The molecule has 19 heavy (non-hydrogen) atoms. The van der Waals surface area contributed by atoms with Crippen LogP contribution in [0.1, 0.15) is 45.5 Å². The van der Waals surface area contributed by atoms with Crippen molar-refractivity contribution >= 4 is 11.6 Å². The fourth-order valence-corrected chi connectivity index (χ4v) is 1.60. The molecule has 1 heterocycles. The summed E-state index contributed by atoms with van der Waals surface area (Å²) >= 11 is 0. The number of anilines is 2. The molecule has 1 aromatic heterocycles. The average molecular weight is 267 g/mol. The smallest absolute Gasteiger partial charge is 0.148 e. The van der Waals surface area contributed by atoms with Gasteiger partial charge in [0.25, 0.3) is 0 Å². The fraction of sp³-hybridized carbons (Fsp3) is 0.692. The first-order valence-corrected chi connectivity index (χ1v) is 6.56. The Balaban J connectivity index is 3.22. The number of aliphatic hydroxyl groups is 1. The highest BCUT2D eigenvalue weighted by molar-refractivity contribution is 5.57. The van der Waals surface area contributed by atoms with Gasteiger partial charge in [-0.05, 0) is 13.3 Å². The predicted octanol–water partition coefficient (Wildman–Crippen LogP) is 1.55. The van der Waals surface area contributed by atoms with Crippen LogP contribution in [0.4, 0.5) is 11.6 Å². The van der Waals surface area contributed by atoms with Crippen LogP contribution in [0.3, 0.4) is 0 Å². The first kappa shape index (κ1) is 15.7. The van der Waals surface area contributed by atoms with Gasteiger partial charge in [-0.3, -0.25) is 0 Å². The number of aromatic nitrogens is 2. The Labute approximate surface area is 114 Å². The number of aliphatic hydroxyl groups excluding tert-OH is 1. The van der Waals surface area contributed by atoms with E-state index in [1.807, 2.05) is 34.6 Å². The zero-order valence-electron chi connectivity index (χ0n) is 12.4. The molecule has 0 aliphatic carbocycles. The Kier molecular flexibility index (Phi) is 5.08. The lowest BCUT2D eigenvalue weighted by atomic mass is 9.95. The molecular weight excluding hydrogens is 242 g/mol. The van der Waals surface area contributed by atoms with Crippen LogP contribution in [0.2, 0.25) is 0 Å². The van der Waals surface area contributed by atoms with Gasteiger partial charge in [-0.2, -0.15) is 0 Å². The SMILES string of the molecule is CCC(CO)Nc1nc(C(C)(C)C)nc(NN)c1C. The maximum absolute atomic E-state index is 9.29. The van der Waals surface area contributed by atoms with E-state index in [2.05, 4.69) is 20.7 Å². The summed E-state index contributed by atoms with van der Waals surface area (Å²) in [5.74, 6) is 7.54. The van der Waals surface area contributed by atoms with Crippen LogP contribution in [-0.4, -0.2) is 27.7 Å². The van der Waals surface area contributed by atoms with E-state index in [9.17, 15) is 5.11 Å². The summed E-state index contributed by atoms with van der Waals surface area (Å²) in [5.41, 5.74) is 3.28. The van der Waals surface area contributed by atoms with Gasteiger partial charge in [0.1, 0.15) is 17.5 Å². The monoisotopic (exact) mass is 267 g/mol. The first-order valence-electron chi connectivity index (χ1n) is 6.56. The fourth-order valence-electron chi connectivity index (χ4n) is 1.60. The van der Waals surface area contributed by atoms with Crippen molar-refractivity contribution in [2.75, 3.05) is 17.3 Å². The summed E-state index contributed by atoms with van der Waals surface area (Å²) in [6, 6.07) is -0.0213. The normalized spacial score (nSPS) is 13.2. The summed E-state index contributed by atoms with van der Waals surface area (Å²) in [6.45, 7) is 10.1. The van der Waals surface area contributed by atoms with Gasteiger partial charge >= 0.3 is 0 Å². The first-order chi connectivity index (χ1) is 8.83. The Morgan fingerprint density at radius 3 is 2.26 bits per heavy atom. The minimum atomic E-state index is -0.170. The molecule has 108 valence electrons. The molecule has 0 aromatic carbocycles. The van der Waals surface area contributed by atoms with Crippen LogP contribution < -0.4 is 16.6 Å². The Hall–Kier alpha value is -1.40. The second-order valence-electron chi connectivity index (χ2n) is 5.70. The van der Waals surface area contributed by atoms with Crippen molar-refractivity contribution in [3.8, 4) is 0 Å². The molecule has 0 radical (unpaired) electrons. The molecule has 1 rings (SSSR count). The number of nitrogens with one attached hydrogen (secondary N) is 2. The van der Waals surface area contributed by atoms with E-state index in [4.69, 9.17) is 5.84 Å². The third-order valence-corrected chi connectivity index (χ3v) is 3.01. The molecule has 1 atom stereocenters. The van der Waals surface area contributed by atoms with Gasteiger partial charge in [0.15, 0.2) is 0 Å². The molecule has 0 aliphatic rings. The molecule has 1 aromatic rings. The van der Waals surface area contributed by atoms with Gasteiger partial charge in [-0.1, -0.05) is 27.7 Å². The maximum Gasteiger partial charge on any atom is 0.148 e. The topological polar surface area (TPSA) is 96.1 Å². The van der Waals surface area contributed by atoms with Crippen LogP contribution in [0.15, 0.2) is 0 Å². The van der Waals surface area contributed by atoms with Crippen molar-refractivity contribution in [2.45, 2.75) is 52.5 Å². The molecule has 0 fully saturated rings. The molecule has 6 heteroatoms. The van der Waals surface area contributed by atoms with Gasteiger partial charge in [-0.15, -0.1) is 0 Å². The molecule has 0 spiro atoms. The van der Waals surface area contributed by atoms with E-state index in [0.29, 0.717) is 17.5 Å². The molecule has 0 saturated heterocycles. The molecule has 1 unspecified atom stereocenters. The van der Waals surface area contributed by atoms with Crippen LogP contribution in [0.5, 0.6) is 0 Å². The van der Waals surface area contributed by atoms with Gasteiger partial charge in [-0.25, -0.2) is 15.8 Å². The molecule has 0 saturated carbocycles. The summed E-state index contributed by atoms with van der Waals surface area (Å²) in [5, 5.41) is 12.5. The molecular formula is C13H25N5O. The lowest BCUT2D eigenvalue weighted by Crippen LogP contribution is -2.26. The standard InChI is InChI=1S/C13H25N5O/c1-6-9(7-19)15-10-8(2)11(18-14)17-12(16-10)13(3,4)5/h9,19H,6-7,14H2,1-5H3,(H2,15,16,17,18). The Morgan fingerprint density at radius 1 is 1.26 bits per heavy atom. The minimum Gasteiger partial charge on any atom is -0.394 e. The third kappa shape index (κ3) is 3.78. The van der Waals surface area contributed by atoms with E-state index in [0.717, 1.165) is 12.0 Å². The van der Waals surface area contributed by atoms with E-state index in [-0.39, 0.29) is 18.1 Å². The van der Waals surface area contributed by atoms with Crippen molar-refractivity contribution in [3.05, 3.63) is 11.4 Å². The highest BCUT2D eigenvalue weighted by atomic mass is 16.3. The zero-order chi connectivity index (χ0) is 14.6. The highest BCUT2D eigenvalue weighted by Crippen LogP contribution is 2.26. The van der Waals surface area contributed by atoms with Crippen molar-refractivity contribution < 1.29 is 5.11 Å². The summed E-state index contributed by atoms with van der Waals surface area (Å²) in [6.07, 6.45) is 0.816. The highest BCUT2D eigenvalue weighted by Gasteiger charge is 2.21. The van der Waals surface area contributed by atoms with Gasteiger partial charge in [0.05, 0.1) is 12.6 Å². The summed E-state index contributed by atoms with van der Waals surface area (Å²) in [4.78, 5) is 8.99. The van der Waals surface area contributed by atoms with E-state index in [1.165, 1.54) is 0 Å². The lowest BCUT2D eigenvalue weighted by molar-refractivity contribution is 0.271. The van der Waals surface area contributed by atoms with Crippen LogP contribution in [0, 0.1) is 6.92 Å². The zero-order valence-corrected chi connectivity index (χ0v) is 12.4. The van der Waals surface area contributed by atoms with E-state index >= 15 is 0 Å². The average Bonchev–Trinajstić information content (AvgIpc) is 2.36. The second kappa shape index (κ2) is 6.16. The number of nitrogen functional groups attached to an aromatic ring is 1. The quantitative estimate of drug-likeness (QED) is 0.477. The number of hydrogen-bond donors (Lipinski definition) is 4. The van der Waals surface area contributed by atoms with Crippen LogP contribution in [-0.2, 0) is 5.41 Å². The maximum atomic E-state index is 9.29. The molecule has 0 aliphatic heterocycles. The van der Waals surface area contributed by atoms with Crippen molar-refractivity contribution in [1.82, 2.24) is 9.97 Å². The van der Waals surface area contributed by atoms with Gasteiger partial charge < -0.3 is 15.8 Å². The number of nitrogens with two attached hydrogens (primary N) is 1. The lowest BCUT2D eigenvalue weighted by Gasteiger charge is -2.22. The van der Waals surface area contributed by atoms with Crippen LogP contribution >= 0.6 is 0 Å². The largest absolute Gasteiger partial charge is 0.394 e. The second-order valence-corrected chi connectivity index (χ2v) is 5.70. The molecule has 5 N–H and O–H groups in total. The Morgan fingerprint density at radius 2 is 1.84 bits per heavy atom. The minimum absolute atomic E-state index is 0.0213. The van der Waals surface area contributed by atoms with Crippen molar-refractivity contribution in [2.24, 2.45) is 5.84 Å². The van der Waals surface area contributed by atoms with Crippen molar-refractivity contribution in [3.63, 3.8) is 0 Å². The number of hydrogen-bond acceptors (Lipinski definition) is 6. The third-order valence-electron chi connectivity index (χ3n) is 3.01. The molecule has 0 bridgehead atoms. The number of nitrogens with zero attached hydrogens (tertiary/aromatic N) is 2. The van der Waals surface area contributed by atoms with Crippen molar-refractivity contribution in [1.29, 1.82) is 0 Å². The van der Waals surface area contributed by atoms with Gasteiger partial charge in [0.2, 0.25) is 0 Å². The molecule has 0 amide bonds. The number of hydrazine groups is 1.